The average molecular weight is 185 g/mol. The molecular weight excluding hydrogens is 170 g/mol. The van der Waals surface area contributed by atoms with Gasteiger partial charge >= 0.3 is 0 Å². The summed E-state index contributed by atoms with van der Waals surface area (Å²) in [6.07, 6.45) is 4.71. The van der Waals surface area contributed by atoms with E-state index < -0.39 is 0 Å². The summed E-state index contributed by atoms with van der Waals surface area (Å²) in [6, 6.07) is 0. The Hall–Kier alpha value is -0.640. The smallest absolute Gasteiger partial charge is 0.184 e. The minimum absolute atomic E-state index is 0.251. The van der Waals surface area contributed by atoms with Crippen LogP contribution in [0.2, 0.25) is 0 Å². The van der Waals surface area contributed by atoms with E-state index in [0.29, 0.717) is 0 Å². The lowest BCUT2D eigenvalue weighted by Gasteiger charge is -2.18. The molecule has 12 heavy (non-hydrogen) atoms. The maximum atomic E-state index is 5.26. The van der Waals surface area contributed by atoms with E-state index in [2.05, 4.69) is 29.7 Å². The second kappa shape index (κ2) is 4.40. The van der Waals surface area contributed by atoms with Gasteiger partial charge in [0.05, 0.1) is 0 Å². The Morgan fingerprint density at radius 2 is 2.50 bits per heavy atom. The molecule has 1 fully saturated rings. The molecule has 4 heteroatoms. The molecule has 0 saturated heterocycles. The highest BCUT2D eigenvalue weighted by molar-refractivity contribution is 7.80. The van der Waals surface area contributed by atoms with Crippen LogP contribution in [0.5, 0.6) is 0 Å². The summed E-state index contributed by atoms with van der Waals surface area (Å²) in [5.74, 6) is 0.755. The Kier molecular flexibility index (Phi) is 3.47. The van der Waals surface area contributed by atoms with Crippen molar-refractivity contribution < 1.29 is 0 Å². The number of nitrogens with zero attached hydrogens (tertiary/aromatic N) is 1. The normalized spacial score (nSPS) is 27.1. The van der Waals surface area contributed by atoms with Crippen LogP contribution >= 0.6 is 12.2 Å². The van der Waals surface area contributed by atoms with Crippen LogP contribution < -0.4 is 11.2 Å². The molecule has 68 valence electrons. The average Bonchev–Trinajstić information content (AvgIpc) is 2.01. The number of rotatable bonds is 1. The highest BCUT2D eigenvalue weighted by Gasteiger charge is 2.13. The molecule has 3 N–H and O–H groups in total. The van der Waals surface area contributed by atoms with Crippen molar-refractivity contribution in [1.82, 2.24) is 5.43 Å². The van der Waals surface area contributed by atoms with Crippen molar-refractivity contribution in [2.24, 2.45) is 16.8 Å². The minimum Gasteiger partial charge on any atom is -0.375 e. The van der Waals surface area contributed by atoms with E-state index in [0.717, 1.165) is 18.8 Å². The minimum atomic E-state index is 0.251. The van der Waals surface area contributed by atoms with Gasteiger partial charge in [-0.1, -0.05) is 6.92 Å². The SMILES string of the molecule is CC1CCC/C(=N\NC(N)=S)C1. The monoisotopic (exact) mass is 185 g/mol. The molecule has 0 heterocycles. The number of hydrogen-bond donors (Lipinski definition) is 2. The molecule has 0 amide bonds. The molecule has 0 aliphatic heterocycles. The third-order valence-electron chi connectivity index (χ3n) is 2.07. The van der Waals surface area contributed by atoms with Crippen LogP contribution in [0.15, 0.2) is 5.10 Å². The lowest BCUT2D eigenvalue weighted by molar-refractivity contribution is 0.498. The van der Waals surface area contributed by atoms with Crippen LogP contribution in [-0.2, 0) is 0 Å². The summed E-state index contributed by atoms with van der Waals surface area (Å²) in [6.45, 7) is 2.25. The molecule has 0 aromatic rings. The second-order valence-corrected chi connectivity index (χ2v) is 3.80. The van der Waals surface area contributed by atoms with Gasteiger partial charge in [0.2, 0.25) is 0 Å². The lowest BCUT2D eigenvalue weighted by Crippen LogP contribution is -2.26. The van der Waals surface area contributed by atoms with Crippen molar-refractivity contribution in [3.63, 3.8) is 0 Å². The maximum Gasteiger partial charge on any atom is 0.184 e. The van der Waals surface area contributed by atoms with Crippen LogP contribution in [0.3, 0.4) is 0 Å². The third-order valence-corrected chi connectivity index (χ3v) is 2.16. The molecule has 0 bridgehead atoms. The molecule has 0 spiro atoms. The summed E-state index contributed by atoms with van der Waals surface area (Å²) in [5.41, 5.74) is 9.09. The van der Waals surface area contributed by atoms with Gasteiger partial charge in [0, 0.05) is 5.71 Å². The fourth-order valence-corrected chi connectivity index (χ4v) is 1.54. The number of thiocarbonyl (C=S) groups is 1. The van der Waals surface area contributed by atoms with Gasteiger partial charge in [-0.2, -0.15) is 5.10 Å². The number of nitrogens with two attached hydrogens (primary N) is 1. The highest BCUT2D eigenvalue weighted by atomic mass is 32.1. The molecule has 3 nitrogen and oxygen atoms in total. The third kappa shape index (κ3) is 3.17. The van der Waals surface area contributed by atoms with Crippen molar-refractivity contribution in [2.45, 2.75) is 32.6 Å². The molecule has 0 aromatic heterocycles. The van der Waals surface area contributed by atoms with Gasteiger partial charge in [0.1, 0.15) is 0 Å². The van der Waals surface area contributed by atoms with E-state index in [1.54, 1.807) is 0 Å². The first-order chi connectivity index (χ1) is 5.68. The predicted octanol–water partition coefficient (Wildman–Crippen LogP) is 1.39. The van der Waals surface area contributed by atoms with Gasteiger partial charge in [0.25, 0.3) is 0 Å². The van der Waals surface area contributed by atoms with Crippen molar-refractivity contribution in [1.29, 1.82) is 0 Å². The fraction of sp³-hybridized carbons (Fsp3) is 0.750. The molecule has 1 saturated carbocycles. The molecule has 0 radical (unpaired) electrons. The van der Waals surface area contributed by atoms with Crippen molar-refractivity contribution in [3.05, 3.63) is 0 Å². The van der Waals surface area contributed by atoms with E-state index in [-0.39, 0.29) is 5.11 Å². The van der Waals surface area contributed by atoms with Crippen LogP contribution in [-0.4, -0.2) is 10.8 Å². The Bertz CT molecular complexity index is 200. The topological polar surface area (TPSA) is 50.4 Å². The summed E-state index contributed by atoms with van der Waals surface area (Å²) >= 11 is 4.65. The van der Waals surface area contributed by atoms with Crippen LogP contribution in [0.25, 0.3) is 0 Å². The summed E-state index contributed by atoms with van der Waals surface area (Å²) < 4.78 is 0. The molecular formula is C8H15N3S. The lowest BCUT2D eigenvalue weighted by atomic mass is 9.89. The van der Waals surface area contributed by atoms with E-state index in [1.165, 1.54) is 18.6 Å². The molecule has 0 aromatic carbocycles. The zero-order valence-electron chi connectivity index (χ0n) is 7.34. The molecule has 1 aliphatic rings. The van der Waals surface area contributed by atoms with Gasteiger partial charge in [-0.05, 0) is 43.8 Å². The standard InChI is InChI=1S/C8H15N3S/c1-6-3-2-4-7(5-6)10-11-8(9)12/h6H,2-5H2,1H3,(H3,9,11,12)/b10-7+. The van der Waals surface area contributed by atoms with E-state index in [9.17, 15) is 0 Å². The van der Waals surface area contributed by atoms with Crippen molar-refractivity contribution in [2.75, 3.05) is 0 Å². The van der Waals surface area contributed by atoms with Crippen LogP contribution in [0.1, 0.15) is 32.6 Å². The number of hydrazone groups is 1. The van der Waals surface area contributed by atoms with Crippen LogP contribution in [0, 0.1) is 5.92 Å². The van der Waals surface area contributed by atoms with E-state index in [4.69, 9.17) is 5.73 Å². The Morgan fingerprint density at radius 1 is 1.75 bits per heavy atom. The number of nitrogens with one attached hydrogen (secondary N) is 1. The first-order valence-electron chi connectivity index (χ1n) is 4.29. The van der Waals surface area contributed by atoms with Gasteiger partial charge in [-0.25, -0.2) is 0 Å². The van der Waals surface area contributed by atoms with Gasteiger partial charge in [-0.15, -0.1) is 0 Å². The first-order valence-corrected chi connectivity index (χ1v) is 4.70. The molecule has 1 unspecified atom stereocenters. The largest absolute Gasteiger partial charge is 0.375 e. The Morgan fingerprint density at radius 3 is 3.08 bits per heavy atom. The molecule has 1 atom stereocenters. The number of hydrogen-bond acceptors (Lipinski definition) is 2. The van der Waals surface area contributed by atoms with E-state index in [1.807, 2.05) is 0 Å². The molecule has 1 rings (SSSR count). The zero-order valence-corrected chi connectivity index (χ0v) is 8.16. The second-order valence-electron chi connectivity index (χ2n) is 3.36. The van der Waals surface area contributed by atoms with Crippen molar-refractivity contribution >= 4 is 23.0 Å². The van der Waals surface area contributed by atoms with Crippen LogP contribution in [0.4, 0.5) is 0 Å². The first kappa shape index (κ1) is 9.45. The predicted molar refractivity (Wildman–Crippen MR) is 55.0 cm³/mol. The van der Waals surface area contributed by atoms with E-state index >= 15 is 0 Å². The quantitative estimate of drug-likeness (QED) is 0.479. The summed E-state index contributed by atoms with van der Waals surface area (Å²) in [5, 5.41) is 4.38. The van der Waals surface area contributed by atoms with Gasteiger partial charge < -0.3 is 5.73 Å². The zero-order chi connectivity index (χ0) is 8.97. The van der Waals surface area contributed by atoms with Gasteiger partial charge in [0.15, 0.2) is 5.11 Å². The Balaban J connectivity index is 2.39. The van der Waals surface area contributed by atoms with Gasteiger partial charge in [-0.3, -0.25) is 5.43 Å². The molecule has 1 aliphatic carbocycles. The van der Waals surface area contributed by atoms with Crippen molar-refractivity contribution in [3.8, 4) is 0 Å². The highest BCUT2D eigenvalue weighted by Crippen LogP contribution is 2.20. The fourth-order valence-electron chi connectivity index (χ4n) is 1.50. The maximum absolute atomic E-state index is 5.26. The summed E-state index contributed by atoms with van der Waals surface area (Å²) in [4.78, 5) is 0. The Labute approximate surface area is 78.4 Å². The summed E-state index contributed by atoms with van der Waals surface area (Å²) in [7, 11) is 0.